The molecule has 1 aliphatic rings. The predicted molar refractivity (Wildman–Crippen MR) is 147 cm³/mol. The number of piperazine rings is 1. The number of nitrogens with zero attached hydrogens (tertiary/aromatic N) is 3. The van der Waals surface area contributed by atoms with E-state index in [0.717, 1.165) is 16.9 Å². The number of methoxy groups -OCH3 is 1. The number of amides is 3. The van der Waals surface area contributed by atoms with Gasteiger partial charge in [-0.25, -0.2) is 4.79 Å². The molecule has 0 atom stereocenters. The Morgan fingerprint density at radius 3 is 2.42 bits per heavy atom. The highest BCUT2D eigenvalue weighted by Gasteiger charge is 2.23. The van der Waals surface area contributed by atoms with Crippen LogP contribution in [0, 0.1) is 6.92 Å². The van der Waals surface area contributed by atoms with Crippen LogP contribution in [-0.4, -0.2) is 98.7 Å². The minimum atomic E-state index is -0.447. The Morgan fingerprint density at radius 1 is 1.03 bits per heavy atom. The van der Waals surface area contributed by atoms with Crippen LogP contribution >= 0.6 is 0 Å². The van der Waals surface area contributed by atoms with Crippen molar-refractivity contribution in [2.24, 2.45) is 0 Å². The SMILES string of the molecule is CCOC(=O)CNC(=O)N1CCN(CCN(C/C=C/c2ccccc2OC)C(=O)c2ccc(C)cc2)CC1. The zero-order valence-corrected chi connectivity index (χ0v) is 22.5. The van der Waals surface area contributed by atoms with Gasteiger partial charge < -0.3 is 24.6 Å². The molecule has 3 amide bonds. The van der Waals surface area contributed by atoms with Crippen molar-refractivity contribution < 1.29 is 23.9 Å². The Bertz CT molecular complexity index is 1090. The second-order valence-electron chi connectivity index (χ2n) is 9.05. The van der Waals surface area contributed by atoms with E-state index in [0.29, 0.717) is 51.4 Å². The van der Waals surface area contributed by atoms with Crippen LogP contribution in [0.5, 0.6) is 5.75 Å². The van der Waals surface area contributed by atoms with Crippen LogP contribution in [0.15, 0.2) is 54.6 Å². The van der Waals surface area contributed by atoms with Crippen LogP contribution in [0.1, 0.15) is 28.4 Å². The summed E-state index contributed by atoms with van der Waals surface area (Å²) in [4.78, 5) is 43.0. The van der Waals surface area contributed by atoms with E-state index in [9.17, 15) is 14.4 Å². The number of urea groups is 1. The van der Waals surface area contributed by atoms with Crippen molar-refractivity contribution in [1.29, 1.82) is 0 Å². The number of rotatable bonds is 11. The number of hydrogen-bond acceptors (Lipinski definition) is 6. The summed E-state index contributed by atoms with van der Waals surface area (Å²) in [6.45, 7) is 8.06. The predicted octanol–water partition coefficient (Wildman–Crippen LogP) is 3.05. The molecule has 38 heavy (non-hydrogen) atoms. The number of carbonyl (C=O) groups is 3. The third kappa shape index (κ3) is 8.62. The number of esters is 1. The van der Waals surface area contributed by atoms with Crippen LogP contribution in [0.25, 0.3) is 6.08 Å². The maximum Gasteiger partial charge on any atom is 0.325 e. The second-order valence-corrected chi connectivity index (χ2v) is 9.05. The summed E-state index contributed by atoms with van der Waals surface area (Å²) >= 11 is 0. The Morgan fingerprint density at radius 2 is 1.74 bits per heavy atom. The summed E-state index contributed by atoms with van der Waals surface area (Å²) in [5.74, 6) is 0.313. The fourth-order valence-electron chi connectivity index (χ4n) is 4.17. The quantitative estimate of drug-likeness (QED) is 0.456. The smallest absolute Gasteiger partial charge is 0.325 e. The molecule has 9 nitrogen and oxygen atoms in total. The highest BCUT2D eigenvalue weighted by atomic mass is 16.5. The van der Waals surface area contributed by atoms with E-state index in [1.54, 1.807) is 18.9 Å². The zero-order chi connectivity index (χ0) is 27.3. The molecule has 0 aliphatic carbocycles. The Kier molecular flexibility index (Phi) is 11.2. The van der Waals surface area contributed by atoms with Crippen molar-refractivity contribution in [2.45, 2.75) is 13.8 Å². The Balaban J connectivity index is 1.57. The van der Waals surface area contributed by atoms with Crippen LogP contribution in [0.2, 0.25) is 0 Å². The molecule has 0 unspecified atom stereocenters. The molecule has 0 saturated carbocycles. The molecule has 0 radical (unpaired) electrons. The van der Waals surface area contributed by atoms with Gasteiger partial charge in [-0.1, -0.05) is 48.0 Å². The van der Waals surface area contributed by atoms with Gasteiger partial charge in [0, 0.05) is 56.9 Å². The van der Waals surface area contributed by atoms with Gasteiger partial charge in [0.15, 0.2) is 0 Å². The van der Waals surface area contributed by atoms with E-state index < -0.39 is 5.97 Å². The molecule has 0 aromatic heterocycles. The van der Waals surface area contributed by atoms with Crippen LogP contribution < -0.4 is 10.1 Å². The molecule has 9 heteroatoms. The van der Waals surface area contributed by atoms with Gasteiger partial charge >= 0.3 is 12.0 Å². The first-order chi connectivity index (χ1) is 18.4. The standard InChI is InChI=1S/C29H38N4O5/c1-4-38-27(34)22-30-29(36)33-20-17-31(18-21-33)16-19-32(28(35)25-13-11-23(2)12-14-25)15-7-9-24-8-5-6-10-26(24)37-3/h5-14H,4,15-22H2,1-3H3,(H,30,36)/b9-7+. The van der Waals surface area contributed by atoms with Gasteiger partial charge in [0.05, 0.1) is 13.7 Å². The van der Waals surface area contributed by atoms with Crippen molar-refractivity contribution in [3.05, 3.63) is 71.3 Å². The molecule has 1 aliphatic heterocycles. The first-order valence-electron chi connectivity index (χ1n) is 13.0. The lowest BCUT2D eigenvalue weighted by Gasteiger charge is -2.35. The molecule has 1 saturated heterocycles. The average molecular weight is 523 g/mol. The van der Waals surface area contributed by atoms with E-state index in [4.69, 9.17) is 9.47 Å². The molecular formula is C29H38N4O5. The molecule has 0 bridgehead atoms. The van der Waals surface area contributed by atoms with E-state index in [1.807, 2.05) is 72.5 Å². The fourth-order valence-corrected chi connectivity index (χ4v) is 4.17. The summed E-state index contributed by atoms with van der Waals surface area (Å²) in [5.41, 5.74) is 2.72. The topological polar surface area (TPSA) is 91.4 Å². The lowest BCUT2D eigenvalue weighted by atomic mass is 10.1. The molecule has 1 fully saturated rings. The van der Waals surface area contributed by atoms with Gasteiger partial charge in [0.25, 0.3) is 5.91 Å². The molecule has 1 N–H and O–H groups in total. The van der Waals surface area contributed by atoms with Crippen LogP contribution in [-0.2, 0) is 9.53 Å². The normalized spacial score (nSPS) is 13.8. The van der Waals surface area contributed by atoms with E-state index in [-0.39, 0.29) is 25.1 Å². The maximum absolute atomic E-state index is 13.4. The van der Waals surface area contributed by atoms with Gasteiger partial charge in [0.1, 0.15) is 12.3 Å². The lowest BCUT2D eigenvalue weighted by Crippen LogP contribution is -2.53. The first-order valence-corrected chi connectivity index (χ1v) is 13.0. The van der Waals surface area contributed by atoms with Gasteiger partial charge in [-0.2, -0.15) is 0 Å². The molecule has 2 aromatic rings. The zero-order valence-electron chi connectivity index (χ0n) is 22.5. The number of aryl methyl sites for hydroxylation is 1. The largest absolute Gasteiger partial charge is 0.496 e. The minimum absolute atomic E-state index is 0.0216. The average Bonchev–Trinajstić information content (AvgIpc) is 2.94. The Labute approximate surface area is 225 Å². The Hall–Kier alpha value is -3.85. The summed E-state index contributed by atoms with van der Waals surface area (Å²) < 4.78 is 10.3. The van der Waals surface area contributed by atoms with Crippen molar-refractivity contribution in [2.75, 3.05) is 66.1 Å². The van der Waals surface area contributed by atoms with Crippen molar-refractivity contribution in [3.63, 3.8) is 0 Å². The highest BCUT2D eigenvalue weighted by Crippen LogP contribution is 2.19. The van der Waals surface area contributed by atoms with E-state index in [1.165, 1.54) is 0 Å². The summed E-state index contributed by atoms with van der Waals surface area (Å²) in [5, 5.41) is 2.61. The van der Waals surface area contributed by atoms with E-state index >= 15 is 0 Å². The summed E-state index contributed by atoms with van der Waals surface area (Å²) in [6.07, 6.45) is 3.96. The second kappa shape index (κ2) is 14.8. The molecule has 1 heterocycles. The molecule has 0 spiro atoms. The number of para-hydroxylation sites is 1. The number of carbonyl (C=O) groups excluding carboxylic acids is 3. The highest BCUT2D eigenvalue weighted by molar-refractivity contribution is 5.94. The van der Waals surface area contributed by atoms with Gasteiger partial charge in [-0.3, -0.25) is 14.5 Å². The molecular weight excluding hydrogens is 484 g/mol. The third-order valence-electron chi connectivity index (χ3n) is 6.38. The first kappa shape index (κ1) is 28.7. The fraction of sp³-hybridized carbons (Fsp3) is 0.414. The lowest BCUT2D eigenvalue weighted by molar-refractivity contribution is -0.141. The van der Waals surface area contributed by atoms with Crippen molar-refractivity contribution >= 4 is 24.0 Å². The number of nitrogens with one attached hydrogen (secondary N) is 1. The number of benzene rings is 2. The molecule has 2 aromatic carbocycles. The van der Waals surface area contributed by atoms with Crippen LogP contribution in [0.3, 0.4) is 0 Å². The summed E-state index contributed by atoms with van der Waals surface area (Å²) in [7, 11) is 1.64. The molecule has 204 valence electrons. The van der Waals surface area contributed by atoms with Gasteiger partial charge in [-0.05, 0) is 32.0 Å². The molecule has 3 rings (SSSR count). The minimum Gasteiger partial charge on any atom is -0.496 e. The monoisotopic (exact) mass is 522 g/mol. The van der Waals surface area contributed by atoms with Crippen molar-refractivity contribution in [1.82, 2.24) is 20.0 Å². The van der Waals surface area contributed by atoms with Gasteiger partial charge in [0.2, 0.25) is 0 Å². The van der Waals surface area contributed by atoms with Crippen LogP contribution in [0.4, 0.5) is 4.79 Å². The number of hydrogen-bond donors (Lipinski definition) is 1. The maximum atomic E-state index is 13.4. The summed E-state index contributed by atoms with van der Waals surface area (Å²) in [6, 6.07) is 15.1. The van der Waals surface area contributed by atoms with E-state index in [2.05, 4.69) is 10.2 Å². The van der Waals surface area contributed by atoms with Crippen molar-refractivity contribution in [3.8, 4) is 5.75 Å². The van der Waals surface area contributed by atoms with Gasteiger partial charge in [-0.15, -0.1) is 0 Å². The third-order valence-corrected chi connectivity index (χ3v) is 6.38. The number of ether oxygens (including phenoxy) is 2.